The van der Waals surface area contributed by atoms with Crippen LogP contribution in [0.25, 0.3) is 0 Å². The number of carbonyl (C=O) groups is 1. The Bertz CT molecular complexity index is 585. The minimum atomic E-state index is -0.00935. The van der Waals surface area contributed by atoms with Crippen molar-refractivity contribution < 1.29 is 4.79 Å². The van der Waals surface area contributed by atoms with Crippen LogP contribution in [0.15, 0.2) is 29.8 Å². The van der Waals surface area contributed by atoms with E-state index in [1.165, 1.54) is 10.4 Å². The lowest BCUT2D eigenvalue weighted by molar-refractivity contribution is 0.0786. The smallest absolute Gasteiger partial charge is 0.254 e. The molecule has 0 saturated heterocycles. The number of halogens is 1. The average molecular weight is 312 g/mol. The second-order valence-electron chi connectivity index (χ2n) is 4.43. The van der Waals surface area contributed by atoms with Crippen LogP contribution in [0.3, 0.4) is 0 Å². The Hall–Kier alpha value is -1.43. The molecular formula is C14H18ClN3OS. The average Bonchev–Trinajstić information content (AvgIpc) is 2.83. The van der Waals surface area contributed by atoms with Gasteiger partial charge in [0.25, 0.3) is 5.91 Å². The molecule has 2 heterocycles. The van der Waals surface area contributed by atoms with E-state index >= 15 is 0 Å². The highest BCUT2D eigenvalue weighted by atomic mass is 35.5. The molecule has 0 spiro atoms. The molecule has 2 rings (SSSR count). The zero-order chi connectivity index (χ0) is 13.8. The maximum Gasteiger partial charge on any atom is 0.254 e. The molecule has 0 aromatic carbocycles. The Balaban J connectivity index is 0.00000200. The fraction of sp³-hybridized carbons (Fsp3) is 0.286. The van der Waals surface area contributed by atoms with E-state index in [1.807, 2.05) is 12.4 Å². The highest BCUT2D eigenvalue weighted by Gasteiger charge is 2.14. The fourth-order valence-corrected chi connectivity index (χ4v) is 2.76. The zero-order valence-electron chi connectivity index (χ0n) is 11.5. The van der Waals surface area contributed by atoms with Crippen molar-refractivity contribution in [2.45, 2.75) is 20.0 Å². The summed E-state index contributed by atoms with van der Waals surface area (Å²) in [5.41, 5.74) is 8.12. The largest absolute Gasteiger partial charge is 0.337 e. The Morgan fingerprint density at radius 2 is 2.20 bits per heavy atom. The highest BCUT2D eigenvalue weighted by molar-refractivity contribution is 7.10. The van der Waals surface area contributed by atoms with Crippen LogP contribution in [0.4, 0.5) is 0 Å². The van der Waals surface area contributed by atoms with Crippen LogP contribution in [-0.4, -0.2) is 22.8 Å². The number of aryl methyl sites for hydroxylation is 1. The summed E-state index contributed by atoms with van der Waals surface area (Å²) in [4.78, 5) is 19.3. The number of nitrogens with two attached hydrogens (primary N) is 1. The number of carbonyl (C=O) groups excluding carboxylic acids is 1. The summed E-state index contributed by atoms with van der Waals surface area (Å²) in [7, 11) is 1.81. The first-order chi connectivity index (χ1) is 9.11. The summed E-state index contributed by atoms with van der Waals surface area (Å²) in [6.45, 7) is 3.03. The van der Waals surface area contributed by atoms with Crippen molar-refractivity contribution in [2.24, 2.45) is 5.73 Å². The third-order valence-corrected chi connectivity index (χ3v) is 3.98. The molecule has 0 radical (unpaired) electrons. The molecule has 6 heteroatoms. The van der Waals surface area contributed by atoms with E-state index in [-0.39, 0.29) is 18.3 Å². The predicted octanol–water partition coefficient (Wildman–Crippen LogP) is 2.60. The lowest BCUT2D eigenvalue weighted by Gasteiger charge is -2.17. The quantitative estimate of drug-likeness (QED) is 0.944. The summed E-state index contributed by atoms with van der Waals surface area (Å²) < 4.78 is 0. The second kappa shape index (κ2) is 7.38. The van der Waals surface area contributed by atoms with Gasteiger partial charge in [0.2, 0.25) is 0 Å². The Morgan fingerprint density at radius 3 is 2.80 bits per heavy atom. The Morgan fingerprint density at radius 1 is 1.45 bits per heavy atom. The molecular weight excluding hydrogens is 294 g/mol. The first kappa shape index (κ1) is 16.6. The van der Waals surface area contributed by atoms with E-state index in [9.17, 15) is 4.79 Å². The predicted molar refractivity (Wildman–Crippen MR) is 84.2 cm³/mol. The number of aromatic nitrogens is 1. The van der Waals surface area contributed by atoms with Crippen molar-refractivity contribution in [1.29, 1.82) is 0 Å². The van der Waals surface area contributed by atoms with Crippen molar-refractivity contribution in [2.75, 3.05) is 7.05 Å². The van der Waals surface area contributed by atoms with Crippen molar-refractivity contribution in [3.8, 4) is 0 Å². The minimum absolute atomic E-state index is 0. The van der Waals surface area contributed by atoms with E-state index in [0.29, 0.717) is 18.7 Å². The summed E-state index contributed by atoms with van der Waals surface area (Å²) in [6.07, 6.45) is 1.62. The zero-order valence-corrected chi connectivity index (χ0v) is 13.1. The third kappa shape index (κ3) is 3.79. The van der Waals surface area contributed by atoms with Gasteiger partial charge in [0.1, 0.15) is 0 Å². The van der Waals surface area contributed by atoms with Crippen LogP contribution < -0.4 is 5.73 Å². The van der Waals surface area contributed by atoms with Crippen LogP contribution in [-0.2, 0) is 13.1 Å². The van der Waals surface area contributed by atoms with Gasteiger partial charge < -0.3 is 10.6 Å². The van der Waals surface area contributed by atoms with Gasteiger partial charge in [-0.2, -0.15) is 0 Å². The van der Waals surface area contributed by atoms with Crippen LogP contribution in [0.5, 0.6) is 0 Å². The van der Waals surface area contributed by atoms with Crippen molar-refractivity contribution in [3.63, 3.8) is 0 Å². The lowest BCUT2D eigenvalue weighted by Crippen LogP contribution is -2.26. The summed E-state index contributed by atoms with van der Waals surface area (Å²) in [6, 6.07) is 5.54. The van der Waals surface area contributed by atoms with Gasteiger partial charge in [-0.1, -0.05) is 0 Å². The molecule has 0 aliphatic carbocycles. The molecule has 0 fully saturated rings. The molecule has 0 atom stereocenters. The first-order valence-electron chi connectivity index (χ1n) is 6.05. The van der Waals surface area contributed by atoms with Gasteiger partial charge in [0, 0.05) is 30.2 Å². The third-order valence-electron chi connectivity index (χ3n) is 2.97. The van der Waals surface area contributed by atoms with E-state index in [2.05, 4.69) is 18.0 Å². The van der Waals surface area contributed by atoms with Gasteiger partial charge in [-0.15, -0.1) is 23.7 Å². The van der Waals surface area contributed by atoms with Crippen LogP contribution in [0.1, 0.15) is 26.5 Å². The highest BCUT2D eigenvalue weighted by Crippen LogP contribution is 2.18. The molecule has 108 valence electrons. The van der Waals surface area contributed by atoms with Crippen LogP contribution in [0.2, 0.25) is 0 Å². The van der Waals surface area contributed by atoms with Gasteiger partial charge in [-0.3, -0.25) is 9.78 Å². The fourth-order valence-electron chi connectivity index (χ4n) is 1.80. The topological polar surface area (TPSA) is 59.2 Å². The first-order valence-corrected chi connectivity index (χ1v) is 6.93. The maximum atomic E-state index is 12.3. The molecule has 0 bridgehead atoms. The number of hydrogen-bond donors (Lipinski definition) is 1. The molecule has 0 aliphatic heterocycles. The minimum Gasteiger partial charge on any atom is -0.337 e. The van der Waals surface area contributed by atoms with Crippen LogP contribution in [0, 0.1) is 6.92 Å². The molecule has 0 aliphatic rings. The number of hydrogen-bond acceptors (Lipinski definition) is 4. The Kier molecular flexibility index (Phi) is 6.13. The lowest BCUT2D eigenvalue weighted by atomic mass is 10.2. The summed E-state index contributed by atoms with van der Waals surface area (Å²) in [5, 5.41) is 2.04. The van der Waals surface area contributed by atoms with Gasteiger partial charge in [0.05, 0.1) is 12.2 Å². The number of rotatable bonds is 4. The normalized spacial score (nSPS) is 9.95. The summed E-state index contributed by atoms with van der Waals surface area (Å²) >= 11 is 1.67. The monoisotopic (exact) mass is 311 g/mol. The van der Waals surface area contributed by atoms with Gasteiger partial charge in [-0.05, 0) is 36.1 Å². The maximum absolute atomic E-state index is 12.3. The van der Waals surface area contributed by atoms with Gasteiger partial charge in [-0.25, -0.2) is 0 Å². The number of amides is 1. The number of nitrogens with zero attached hydrogens (tertiary/aromatic N) is 2. The van der Waals surface area contributed by atoms with E-state index in [0.717, 1.165) is 5.69 Å². The molecule has 2 N–H and O–H groups in total. The second-order valence-corrected chi connectivity index (χ2v) is 5.43. The standard InChI is InChI=1S/C14H17N3OS.ClH/c1-10-4-6-19-13(10)9-17(2)14(18)11-3-5-16-12(7-11)8-15;/h3-7H,8-9,15H2,1-2H3;1H. The van der Waals surface area contributed by atoms with Crippen molar-refractivity contribution >= 4 is 29.7 Å². The molecule has 2 aromatic heterocycles. The van der Waals surface area contributed by atoms with Gasteiger partial charge >= 0.3 is 0 Å². The Labute approximate surface area is 129 Å². The van der Waals surface area contributed by atoms with Gasteiger partial charge in [0.15, 0.2) is 0 Å². The van der Waals surface area contributed by atoms with E-state index in [1.54, 1.807) is 34.6 Å². The number of thiophene rings is 1. The summed E-state index contributed by atoms with van der Waals surface area (Å²) in [5.74, 6) is -0.00935. The molecule has 1 amide bonds. The molecule has 0 saturated carbocycles. The molecule has 0 unspecified atom stereocenters. The SMILES string of the molecule is Cc1ccsc1CN(C)C(=O)c1ccnc(CN)c1.Cl. The van der Waals surface area contributed by atoms with Crippen molar-refractivity contribution in [1.82, 2.24) is 9.88 Å². The van der Waals surface area contributed by atoms with E-state index in [4.69, 9.17) is 5.73 Å². The van der Waals surface area contributed by atoms with Crippen LogP contribution >= 0.6 is 23.7 Å². The molecule has 20 heavy (non-hydrogen) atoms. The number of pyridine rings is 1. The van der Waals surface area contributed by atoms with Crippen molar-refractivity contribution in [3.05, 3.63) is 51.5 Å². The van der Waals surface area contributed by atoms with E-state index < -0.39 is 0 Å². The molecule has 4 nitrogen and oxygen atoms in total. The molecule has 2 aromatic rings.